The van der Waals surface area contributed by atoms with E-state index in [9.17, 15) is 13.2 Å². The summed E-state index contributed by atoms with van der Waals surface area (Å²) in [6.07, 6.45) is 1.05. The van der Waals surface area contributed by atoms with Crippen molar-refractivity contribution in [2.45, 2.75) is 11.8 Å². The highest BCUT2D eigenvalue weighted by molar-refractivity contribution is 7.96. The first kappa shape index (κ1) is 21.1. The molecule has 1 N–H and O–H groups in total. The Hall–Kier alpha value is -2.22. The first-order valence-electron chi connectivity index (χ1n) is 7.78. The number of halogens is 2. The van der Waals surface area contributed by atoms with Gasteiger partial charge in [-0.25, -0.2) is 13.2 Å². The van der Waals surface area contributed by atoms with E-state index in [4.69, 9.17) is 32.7 Å². The van der Waals surface area contributed by atoms with Gasteiger partial charge >= 0.3 is 5.97 Å². The van der Waals surface area contributed by atoms with Crippen LogP contribution >= 0.6 is 23.2 Å². The van der Waals surface area contributed by atoms with E-state index in [1.807, 2.05) is 0 Å². The van der Waals surface area contributed by atoms with Gasteiger partial charge in [0.25, 0.3) is 0 Å². The molecule has 0 fully saturated rings. The van der Waals surface area contributed by atoms with Crippen LogP contribution in [0.4, 0.5) is 5.69 Å². The number of hydrogen-bond donors (Lipinski definition) is 1. The van der Waals surface area contributed by atoms with Crippen LogP contribution in [-0.2, 0) is 19.4 Å². The Labute approximate surface area is 167 Å². The lowest BCUT2D eigenvalue weighted by atomic mass is 10.3. The molecule has 0 aliphatic heterocycles. The fourth-order valence-electron chi connectivity index (χ4n) is 2.17. The fraction of sp³-hybridized carbons (Fsp3) is 0.167. The third-order valence-corrected chi connectivity index (χ3v) is 5.87. The number of para-hydroxylation sites is 2. The second kappa shape index (κ2) is 9.12. The molecule has 2 aromatic rings. The lowest BCUT2D eigenvalue weighted by Crippen LogP contribution is -2.18. The van der Waals surface area contributed by atoms with Crippen LogP contribution < -0.4 is 10.1 Å². The molecule has 0 unspecified atom stereocenters. The molecule has 0 aromatic heterocycles. The SMILES string of the molecule is CCOC(=O)/C(=C/Nc1ccccc1OC)S(=O)(=O)c1ccc(Cl)cc1Cl. The quantitative estimate of drug-likeness (QED) is 0.521. The summed E-state index contributed by atoms with van der Waals surface area (Å²) in [5, 5.41) is 2.94. The molecule has 0 spiro atoms. The third kappa shape index (κ3) is 4.94. The average Bonchev–Trinajstić information content (AvgIpc) is 2.62. The number of carbonyl (C=O) groups excluding carboxylic acids is 1. The van der Waals surface area contributed by atoms with Crippen LogP contribution in [0.5, 0.6) is 5.75 Å². The van der Waals surface area contributed by atoms with Gasteiger partial charge in [0.15, 0.2) is 4.91 Å². The molecule has 6 nitrogen and oxygen atoms in total. The predicted molar refractivity (Wildman–Crippen MR) is 105 cm³/mol. The minimum absolute atomic E-state index is 0.00863. The van der Waals surface area contributed by atoms with Crippen LogP contribution in [0.15, 0.2) is 58.5 Å². The summed E-state index contributed by atoms with van der Waals surface area (Å²) in [6.45, 7) is 1.58. The lowest BCUT2D eigenvalue weighted by molar-refractivity contribution is -0.137. The summed E-state index contributed by atoms with van der Waals surface area (Å²) in [5.41, 5.74) is 0.471. The van der Waals surface area contributed by atoms with Gasteiger partial charge in [-0.3, -0.25) is 0 Å². The van der Waals surface area contributed by atoms with E-state index in [2.05, 4.69) is 5.32 Å². The molecule has 0 saturated heterocycles. The predicted octanol–water partition coefficient (Wildman–Crippen LogP) is 4.29. The number of benzene rings is 2. The first-order valence-corrected chi connectivity index (χ1v) is 10.0. The van der Waals surface area contributed by atoms with Gasteiger partial charge in [0.1, 0.15) is 5.75 Å². The van der Waals surface area contributed by atoms with Gasteiger partial charge in [-0.1, -0.05) is 35.3 Å². The zero-order valence-corrected chi connectivity index (χ0v) is 16.9. The van der Waals surface area contributed by atoms with Gasteiger partial charge in [-0.05, 0) is 37.3 Å². The molecule has 9 heteroatoms. The van der Waals surface area contributed by atoms with E-state index in [1.165, 1.54) is 25.3 Å². The van der Waals surface area contributed by atoms with Crippen molar-refractivity contribution in [3.05, 3.63) is 63.6 Å². The van der Waals surface area contributed by atoms with Crippen molar-refractivity contribution in [1.29, 1.82) is 0 Å². The summed E-state index contributed by atoms with van der Waals surface area (Å²) in [4.78, 5) is 11.5. The molecule has 0 aliphatic rings. The topological polar surface area (TPSA) is 81.7 Å². The zero-order chi connectivity index (χ0) is 20.0. The number of esters is 1. The van der Waals surface area contributed by atoms with Crippen molar-refractivity contribution in [1.82, 2.24) is 0 Å². The highest BCUT2D eigenvalue weighted by Gasteiger charge is 2.30. The molecule has 0 saturated carbocycles. The molecular formula is C18H17Cl2NO5S. The Morgan fingerprint density at radius 1 is 1.19 bits per heavy atom. The summed E-state index contributed by atoms with van der Waals surface area (Å²) >= 11 is 11.8. The number of carbonyl (C=O) groups is 1. The molecule has 144 valence electrons. The van der Waals surface area contributed by atoms with E-state index in [0.29, 0.717) is 11.4 Å². The molecule has 0 aliphatic carbocycles. The highest BCUT2D eigenvalue weighted by Crippen LogP contribution is 2.30. The molecule has 0 amide bonds. The van der Waals surface area contributed by atoms with E-state index in [1.54, 1.807) is 31.2 Å². The zero-order valence-electron chi connectivity index (χ0n) is 14.5. The molecule has 27 heavy (non-hydrogen) atoms. The van der Waals surface area contributed by atoms with Crippen LogP contribution in [0.3, 0.4) is 0 Å². The molecule has 2 aromatic carbocycles. The van der Waals surface area contributed by atoms with Crippen molar-refractivity contribution in [3.63, 3.8) is 0 Å². The second-order valence-electron chi connectivity index (χ2n) is 5.15. The summed E-state index contributed by atoms with van der Waals surface area (Å²) in [6, 6.07) is 10.7. The van der Waals surface area contributed by atoms with Gasteiger partial charge in [0.2, 0.25) is 9.84 Å². The maximum absolute atomic E-state index is 13.0. The number of hydrogen-bond acceptors (Lipinski definition) is 6. The van der Waals surface area contributed by atoms with Crippen LogP contribution in [0.2, 0.25) is 10.0 Å². The van der Waals surface area contributed by atoms with E-state index < -0.39 is 20.7 Å². The van der Waals surface area contributed by atoms with Gasteiger partial charge in [-0.2, -0.15) is 0 Å². The number of nitrogens with one attached hydrogen (secondary N) is 1. The van der Waals surface area contributed by atoms with Gasteiger partial charge in [-0.15, -0.1) is 0 Å². The van der Waals surface area contributed by atoms with Gasteiger partial charge in [0.05, 0.1) is 29.3 Å². The smallest absolute Gasteiger partial charge is 0.351 e. The maximum Gasteiger partial charge on any atom is 0.351 e. The van der Waals surface area contributed by atoms with E-state index in [-0.39, 0.29) is 21.5 Å². The molecule has 0 heterocycles. The normalized spacial score (nSPS) is 11.8. The van der Waals surface area contributed by atoms with Gasteiger partial charge in [0, 0.05) is 11.2 Å². The Balaban J connectivity index is 2.52. The number of methoxy groups -OCH3 is 1. The Kier molecular flexibility index (Phi) is 7.12. The Bertz CT molecular complexity index is 973. The molecule has 0 bridgehead atoms. The fourth-order valence-corrected chi connectivity index (χ4v) is 4.17. The monoisotopic (exact) mass is 429 g/mol. The minimum atomic E-state index is -4.27. The summed E-state index contributed by atoms with van der Waals surface area (Å²) in [5.74, 6) is -0.537. The van der Waals surface area contributed by atoms with Crippen molar-refractivity contribution in [3.8, 4) is 5.75 Å². The summed E-state index contributed by atoms with van der Waals surface area (Å²) < 4.78 is 36.1. The lowest BCUT2D eigenvalue weighted by Gasteiger charge is -2.12. The van der Waals surface area contributed by atoms with Crippen LogP contribution in [0.25, 0.3) is 0 Å². The molecule has 2 rings (SSSR count). The minimum Gasteiger partial charge on any atom is -0.495 e. The van der Waals surface area contributed by atoms with Crippen molar-refractivity contribution >= 4 is 44.7 Å². The number of rotatable bonds is 7. The average molecular weight is 430 g/mol. The van der Waals surface area contributed by atoms with Crippen LogP contribution in [-0.4, -0.2) is 28.1 Å². The number of sulfone groups is 1. The van der Waals surface area contributed by atoms with Gasteiger partial charge < -0.3 is 14.8 Å². The second-order valence-corrected chi connectivity index (χ2v) is 7.88. The van der Waals surface area contributed by atoms with Crippen LogP contribution in [0, 0.1) is 0 Å². The molecular weight excluding hydrogens is 413 g/mol. The maximum atomic E-state index is 13.0. The third-order valence-electron chi connectivity index (χ3n) is 3.42. The number of ether oxygens (including phenoxy) is 2. The van der Waals surface area contributed by atoms with Crippen molar-refractivity contribution in [2.24, 2.45) is 0 Å². The standard InChI is InChI=1S/C18H17Cl2NO5S/c1-3-26-18(22)17(11-21-14-6-4-5-7-15(14)25-2)27(23,24)16-9-8-12(19)10-13(16)20/h4-11,21H,3H2,1-2H3/b17-11-. The Morgan fingerprint density at radius 2 is 1.89 bits per heavy atom. The van der Waals surface area contributed by atoms with Crippen molar-refractivity contribution < 1.29 is 22.7 Å². The molecule has 0 radical (unpaired) electrons. The highest BCUT2D eigenvalue weighted by atomic mass is 35.5. The van der Waals surface area contributed by atoms with Crippen LogP contribution in [0.1, 0.15) is 6.92 Å². The Morgan fingerprint density at radius 3 is 2.52 bits per heavy atom. The van der Waals surface area contributed by atoms with E-state index >= 15 is 0 Å². The van der Waals surface area contributed by atoms with E-state index in [0.717, 1.165) is 6.20 Å². The molecule has 0 atom stereocenters. The largest absolute Gasteiger partial charge is 0.495 e. The van der Waals surface area contributed by atoms with Crippen molar-refractivity contribution in [2.75, 3.05) is 19.0 Å². The first-order chi connectivity index (χ1) is 12.8. The number of anilines is 1. The summed E-state index contributed by atoms with van der Waals surface area (Å²) in [7, 11) is -2.79.